The summed E-state index contributed by atoms with van der Waals surface area (Å²) in [5.41, 5.74) is 0. The van der Waals surface area contributed by atoms with Crippen LogP contribution in [0.2, 0.25) is 0 Å². The van der Waals surface area contributed by atoms with Crippen molar-refractivity contribution in [2.24, 2.45) is 5.92 Å². The van der Waals surface area contributed by atoms with Gasteiger partial charge in [0.25, 0.3) is 0 Å². The number of rotatable bonds is 4. The molecule has 1 fully saturated rings. The fraction of sp³-hybridized carbons (Fsp3) is 1.00. The van der Waals surface area contributed by atoms with E-state index in [0.29, 0.717) is 6.04 Å². The van der Waals surface area contributed by atoms with Gasteiger partial charge in [-0.25, -0.2) is 0 Å². The molecule has 1 rings (SSSR count). The van der Waals surface area contributed by atoms with Crippen LogP contribution in [0.5, 0.6) is 0 Å². The van der Waals surface area contributed by atoms with E-state index in [4.69, 9.17) is 0 Å². The van der Waals surface area contributed by atoms with Crippen LogP contribution in [0.4, 0.5) is 0 Å². The minimum Gasteiger partial charge on any atom is -0.311 e. The van der Waals surface area contributed by atoms with Crippen molar-refractivity contribution in [3.05, 3.63) is 0 Å². The first-order valence-corrected chi connectivity index (χ1v) is 6.45. The van der Waals surface area contributed by atoms with Gasteiger partial charge in [-0.1, -0.05) is 13.8 Å². The molecule has 3 unspecified atom stereocenters. The normalized spacial score (nSPS) is 30.8. The standard InChI is InChI=1S/C13H28N2/c1-10(2)8-11(3)14-13-6-7-15(5)12(4)9-13/h10-14H,6-9H2,1-5H3. The first kappa shape index (κ1) is 13.0. The Morgan fingerprint density at radius 3 is 2.53 bits per heavy atom. The Labute approximate surface area is 95.4 Å². The molecule has 2 nitrogen and oxygen atoms in total. The van der Waals surface area contributed by atoms with E-state index in [9.17, 15) is 0 Å². The Morgan fingerprint density at radius 2 is 2.00 bits per heavy atom. The van der Waals surface area contributed by atoms with Gasteiger partial charge in [-0.05, 0) is 52.6 Å². The molecule has 0 saturated carbocycles. The third-order valence-electron chi connectivity index (χ3n) is 3.55. The Balaban J connectivity index is 2.27. The second kappa shape index (κ2) is 5.86. The van der Waals surface area contributed by atoms with Gasteiger partial charge in [0, 0.05) is 18.1 Å². The van der Waals surface area contributed by atoms with Crippen LogP contribution in [0.15, 0.2) is 0 Å². The molecule has 0 bridgehead atoms. The third-order valence-corrected chi connectivity index (χ3v) is 3.55. The van der Waals surface area contributed by atoms with Crippen LogP contribution in [0, 0.1) is 5.92 Å². The smallest absolute Gasteiger partial charge is 0.00964 e. The van der Waals surface area contributed by atoms with E-state index in [1.165, 1.54) is 25.8 Å². The van der Waals surface area contributed by atoms with Crippen LogP contribution in [-0.2, 0) is 0 Å². The highest BCUT2D eigenvalue weighted by atomic mass is 15.1. The molecule has 0 spiro atoms. The average molecular weight is 212 g/mol. The van der Waals surface area contributed by atoms with E-state index in [-0.39, 0.29) is 0 Å². The third kappa shape index (κ3) is 4.52. The number of likely N-dealkylation sites (tertiary alicyclic amines) is 1. The Kier molecular flexibility index (Phi) is 5.07. The van der Waals surface area contributed by atoms with Crippen LogP contribution in [0.25, 0.3) is 0 Å². The molecule has 1 aliphatic rings. The topological polar surface area (TPSA) is 15.3 Å². The molecule has 0 radical (unpaired) electrons. The van der Waals surface area contributed by atoms with Crippen LogP contribution < -0.4 is 5.32 Å². The summed E-state index contributed by atoms with van der Waals surface area (Å²) in [7, 11) is 2.23. The molecule has 0 aromatic rings. The van der Waals surface area contributed by atoms with Crippen LogP contribution >= 0.6 is 0 Å². The predicted octanol–water partition coefficient (Wildman–Crippen LogP) is 2.49. The number of nitrogens with one attached hydrogen (secondary N) is 1. The molecule has 0 aromatic heterocycles. The minimum absolute atomic E-state index is 0.672. The maximum atomic E-state index is 3.77. The summed E-state index contributed by atoms with van der Waals surface area (Å²) in [4.78, 5) is 2.46. The highest BCUT2D eigenvalue weighted by Gasteiger charge is 2.23. The molecule has 0 aliphatic carbocycles. The molecule has 3 atom stereocenters. The number of piperidine rings is 1. The van der Waals surface area contributed by atoms with Crippen molar-refractivity contribution in [1.82, 2.24) is 10.2 Å². The van der Waals surface area contributed by atoms with E-state index < -0.39 is 0 Å². The highest BCUT2D eigenvalue weighted by Crippen LogP contribution is 2.16. The van der Waals surface area contributed by atoms with Gasteiger partial charge in [0.15, 0.2) is 0 Å². The van der Waals surface area contributed by atoms with Crippen LogP contribution in [-0.4, -0.2) is 36.6 Å². The number of hydrogen-bond acceptors (Lipinski definition) is 2. The first-order chi connectivity index (χ1) is 6.99. The predicted molar refractivity (Wildman–Crippen MR) is 67.2 cm³/mol. The zero-order valence-corrected chi connectivity index (χ0v) is 11.1. The van der Waals surface area contributed by atoms with Gasteiger partial charge in [0.05, 0.1) is 0 Å². The van der Waals surface area contributed by atoms with Crippen molar-refractivity contribution in [3.8, 4) is 0 Å². The zero-order chi connectivity index (χ0) is 11.4. The van der Waals surface area contributed by atoms with Gasteiger partial charge in [-0.15, -0.1) is 0 Å². The molecule has 1 saturated heterocycles. The molecule has 2 heteroatoms. The van der Waals surface area contributed by atoms with Crippen molar-refractivity contribution >= 4 is 0 Å². The molecule has 1 N–H and O–H groups in total. The van der Waals surface area contributed by atoms with Crippen molar-refractivity contribution in [3.63, 3.8) is 0 Å². The highest BCUT2D eigenvalue weighted by molar-refractivity contribution is 4.82. The fourth-order valence-electron chi connectivity index (χ4n) is 2.62. The SMILES string of the molecule is CC(C)CC(C)NC1CCN(C)C(C)C1. The van der Waals surface area contributed by atoms with Gasteiger partial charge in [0.1, 0.15) is 0 Å². The van der Waals surface area contributed by atoms with E-state index in [1.807, 2.05) is 0 Å². The van der Waals surface area contributed by atoms with Crippen LogP contribution in [0.1, 0.15) is 47.0 Å². The Hall–Kier alpha value is -0.0800. The summed E-state index contributed by atoms with van der Waals surface area (Å²) in [5.74, 6) is 0.802. The maximum Gasteiger partial charge on any atom is 0.00964 e. The molecule has 0 aromatic carbocycles. The molecule has 0 amide bonds. The van der Waals surface area contributed by atoms with Crippen molar-refractivity contribution < 1.29 is 0 Å². The summed E-state index contributed by atoms with van der Waals surface area (Å²) >= 11 is 0. The number of nitrogens with zero attached hydrogens (tertiary/aromatic N) is 1. The maximum absolute atomic E-state index is 3.77. The molecular weight excluding hydrogens is 184 g/mol. The van der Waals surface area contributed by atoms with Gasteiger partial charge < -0.3 is 10.2 Å². The quantitative estimate of drug-likeness (QED) is 0.770. The van der Waals surface area contributed by atoms with Crippen molar-refractivity contribution in [2.75, 3.05) is 13.6 Å². The van der Waals surface area contributed by atoms with Crippen molar-refractivity contribution in [2.45, 2.75) is 65.1 Å². The molecular formula is C13H28N2. The lowest BCUT2D eigenvalue weighted by molar-refractivity contribution is 0.161. The van der Waals surface area contributed by atoms with Gasteiger partial charge in [0.2, 0.25) is 0 Å². The molecule has 1 heterocycles. The first-order valence-electron chi connectivity index (χ1n) is 6.45. The lowest BCUT2D eigenvalue weighted by Gasteiger charge is -2.37. The zero-order valence-electron chi connectivity index (χ0n) is 11.1. The monoisotopic (exact) mass is 212 g/mol. The largest absolute Gasteiger partial charge is 0.311 e. The fourth-order valence-corrected chi connectivity index (χ4v) is 2.62. The summed E-state index contributed by atoms with van der Waals surface area (Å²) in [5, 5.41) is 3.77. The van der Waals surface area contributed by atoms with E-state index in [0.717, 1.165) is 18.0 Å². The van der Waals surface area contributed by atoms with Gasteiger partial charge >= 0.3 is 0 Å². The van der Waals surface area contributed by atoms with E-state index in [1.54, 1.807) is 0 Å². The van der Waals surface area contributed by atoms with E-state index in [2.05, 4.69) is 45.0 Å². The second-order valence-electron chi connectivity index (χ2n) is 5.75. The summed E-state index contributed by atoms with van der Waals surface area (Å²) < 4.78 is 0. The minimum atomic E-state index is 0.672. The molecule has 1 aliphatic heterocycles. The van der Waals surface area contributed by atoms with Crippen molar-refractivity contribution in [1.29, 1.82) is 0 Å². The Morgan fingerprint density at radius 1 is 1.33 bits per heavy atom. The van der Waals surface area contributed by atoms with Gasteiger partial charge in [-0.3, -0.25) is 0 Å². The average Bonchev–Trinajstić information content (AvgIpc) is 2.10. The molecule has 90 valence electrons. The second-order valence-corrected chi connectivity index (χ2v) is 5.75. The van der Waals surface area contributed by atoms with Gasteiger partial charge in [-0.2, -0.15) is 0 Å². The lowest BCUT2D eigenvalue weighted by atomic mass is 9.96. The summed E-state index contributed by atoms with van der Waals surface area (Å²) in [6.45, 7) is 10.5. The summed E-state index contributed by atoms with van der Waals surface area (Å²) in [6, 6.07) is 2.15. The van der Waals surface area contributed by atoms with Crippen LogP contribution in [0.3, 0.4) is 0 Å². The lowest BCUT2D eigenvalue weighted by Crippen LogP contribution is -2.48. The number of hydrogen-bond donors (Lipinski definition) is 1. The Bertz CT molecular complexity index is 179. The van der Waals surface area contributed by atoms with E-state index >= 15 is 0 Å². The summed E-state index contributed by atoms with van der Waals surface area (Å²) in [6.07, 6.45) is 3.91. The molecule has 15 heavy (non-hydrogen) atoms.